The number of pyridine rings is 1. The fourth-order valence-electron chi connectivity index (χ4n) is 3.63. The lowest BCUT2D eigenvalue weighted by molar-refractivity contribution is -0.192. The highest BCUT2D eigenvalue weighted by atomic mass is 32.1. The highest BCUT2D eigenvalue weighted by Crippen LogP contribution is 2.36. The van der Waals surface area contributed by atoms with E-state index in [1.165, 1.54) is 11.3 Å². The Balaban J connectivity index is 0.000000360. The van der Waals surface area contributed by atoms with Crippen molar-refractivity contribution in [1.82, 2.24) is 14.9 Å². The van der Waals surface area contributed by atoms with E-state index in [4.69, 9.17) is 19.4 Å². The standard InChI is InChI=1S/C18H21N3O3S.C2HF3O2/c22-17(16-11-25-13-20-16)21-7-3-5-18(12-21)8-15(10-24-18)23-9-14-4-1-2-6-19-14;3-2(4,5)1(6)7/h1-2,4,6,11,13,15H,3,5,7-10,12H2;(H,6,7)/t15-,18+;/m1./s1. The summed E-state index contributed by atoms with van der Waals surface area (Å²) in [6.07, 6.45) is -0.522. The third-order valence-electron chi connectivity index (χ3n) is 5.09. The van der Waals surface area contributed by atoms with E-state index >= 15 is 0 Å². The second-order valence-corrected chi connectivity index (χ2v) is 8.18. The van der Waals surface area contributed by atoms with E-state index in [9.17, 15) is 18.0 Å². The number of thiazole rings is 1. The molecule has 4 rings (SSSR count). The number of likely N-dealkylation sites (tertiary alicyclic amines) is 1. The molecule has 0 aliphatic carbocycles. The zero-order valence-electron chi connectivity index (χ0n) is 17.0. The van der Waals surface area contributed by atoms with Gasteiger partial charge in [0.25, 0.3) is 5.91 Å². The molecule has 8 nitrogen and oxygen atoms in total. The number of aliphatic carboxylic acids is 1. The van der Waals surface area contributed by atoms with Gasteiger partial charge in [0.2, 0.25) is 0 Å². The van der Waals surface area contributed by atoms with Crippen molar-refractivity contribution in [2.45, 2.75) is 43.8 Å². The van der Waals surface area contributed by atoms with Crippen molar-refractivity contribution in [2.75, 3.05) is 19.7 Å². The van der Waals surface area contributed by atoms with Gasteiger partial charge >= 0.3 is 12.1 Å². The Morgan fingerprint density at radius 1 is 1.34 bits per heavy atom. The van der Waals surface area contributed by atoms with E-state index in [1.54, 1.807) is 17.1 Å². The first-order valence-electron chi connectivity index (χ1n) is 9.82. The van der Waals surface area contributed by atoms with Crippen molar-refractivity contribution in [3.63, 3.8) is 0 Å². The number of rotatable bonds is 4. The summed E-state index contributed by atoms with van der Waals surface area (Å²) in [6, 6.07) is 5.81. The van der Waals surface area contributed by atoms with Gasteiger partial charge in [0, 0.05) is 24.5 Å². The van der Waals surface area contributed by atoms with E-state index in [0.717, 1.165) is 31.5 Å². The molecular formula is C20H22F3N3O5S. The second kappa shape index (κ2) is 10.4. The number of piperidine rings is 1. The van der Waals surface area contributed by atoms with Crippen LogP contribution in [0.1, 0.15) is 35.4 Å². The molecule has 0 unspecified atom stereocenters. The summed E-state index contributed by atoms with van der Waals surface area (Å²) < 4.78 is 43.8. The molecule has 1 amide bonds. The Bertz CT molecular complexity index is 898. The van der Waals surface area contributed by atoms with Gasteiger partial charge < -0.3 is 19.5 Å². The van der Waals surface area contributed by atoms with Gasteiger partial charge in [0.05, 0.1) is 42.7 Å². The minimum absolute atomic E-state index is 0.00165. The molecule has 0 radical (unpaired) electrons. The Labute approximate surface area is 186 Å². The van der Waals surface area contributed by atoms with Gasteiger partial charge in [0.1, 0.15) is 5.69 Å². The topological polar surface area (TPSA) is 102 Å². The molecule has 2 aromatic heterocycles. The smallest absolute Gasteiger partial charge is 0.475 e. The maximum absolute atomic E-state index is 12.6. The third-order valence-corrected chi connectivity index (χ3v) is 5.68. The molecule has 1 N–H and O–H groups in total. The van der Waals surface area contributed by atoms with Crippen molar-refractivity contribution >= 4 is 23.2 Å². The maximum atomic E-state index is 12.6. The van der Waals surface area contributed by atoms with Crippen molar-refractivity contribution in [2.24, 2.45) is 0 Å². The van der Waals surface area contributed by atoms with Crippen LogP contribution in [0.25, 0.3) is 0 Å². The first kappa shape index (κ1) is 24.1. The summed E-state index contributed by atoms with van der Waals surface area (Å²) in [7, 11) is 0. The molecule has 0 saturated carbocycles. The molecule has 12 heteroatoms. The van der Waals surface area contributed by atoms with Gasteiger partial charge in [-0.1, -0.05) is 6.07 Å². The lowest BCUT2D eigenvalue weighted by Crippen LogP contribution is -2.50. The van der Waals surface area contributed by atoms with Gasteiger partial charge in [-0.3, -0.25) is 9.78 Å². The lowest BCUT2D eigenvalue weighted by atomic mass is 9.89. The molecular weight excluding hydrogens is 451 g/mol. The first-order valence-corrected chi connectivity index (χ1v) is 10.8. The van der Waals surface area contributed by atoms with E-state index < -0.39 is 12.1 Å². The number of halogens is 3. The number of carboxylic acids is 1. The summed E-state index contributed by atoms with van der Waals surface area (Å²) >= 11 is 1.44. The quantitative estimate of drug-likeness (QED) is 0.728. The molecule has 4 heterocycles. The van der Waals surface area contributed by atoms with Crippen molar-refractivity contribution in [3.8, 4) is 0 Å². The zero-order valence-corrected chi connectivity index (χ0v) is 17.8. The predicted octanol–water partition coefficient (Wildman–Crippen LogP) is 3.15. The normalized spacial score (nSPS) is 23.0. The van der Waals surface area contributed by atoms with E-state index in [-0.39, 0.29) is 17.6 Å². The molecule has 2 aromatic rings. The van der Waals surface area contributed by atoms with Crippen LogP contribution in [-0.2, 0) is 20.9 Å². The highest BCUT2D eigenvalue weighted by Gasteiger charge is 2.45. The highest BCUT2D eigenvalue weighted by molar-refractivity contribution is 7.07. The number of carboxylic acid groups (broad SMARTS) is 1. The molecule has 0 bridgehead atoms. The number of amides is 1. The monoisotopic (exact) mass is 473 g/mol. The second-order valence-electron chi connectivity index (χ2n) is 7.46. The van der Waals surface area contributed by atoms with Crippen LogP contribution in [0.4, 0.5) is 13.2 Å². The fourth-order valence-corrected chi connectivity index (χ4v) is 4.16. The fraction of sp³-hybridized carbons (Fsp3) is 0.500. The molecule has 2 aliphatic heterocycles. The first-order chi connectivity index (χ1) is 15.2. The number of aromatic nitrogens is 2. The number of carbonyl (C=O) groups is 2. The largest absolute Gasteiger partial charge is 0.490 e. The van der Waals surface area contributed by atoms with Gasteiger partial charge in [-0.2, -0.15) is 13.2 Å². The van der Waals surface area contributed by atoms with Crippen molar-refractivity contribution in [1.29, 1.82) is 0 Å². The number of alkyl halides is 3. The molecule has 2 atom stereocenters. The number of hydrogen-bond acceptors (Lipinski definition) is 7. The number of hydrogen-bond donors (Lipinski definition) is 1. The molecule has 2 aliphatic rings. The minimum Gasteiger partial charge on any atom is -0.475 e. The SMILES string of the molecule is O=C(O)C(F)(F)F.O=C(c1cscn1)N1CCC[C@]2(C[C@@H](OCc3ccccn3)CO2)C1. The van der Waals surface area contributed by atoms with Crippen LogP contribution in [0, 0.1) is 0 Å². The van der Waals surface area contributed by atoms with Gasteiger partial charge in [-0.25, -0.2) is 9.78 Å². The molecule has 1 spiro atoms. The lowest BCUT2D eigenvalue weighted by Gasteiger charge is -2.39. The average molecular weight is 473 g/mol. The average Bonchev–Trinajstić information content (AvgIpc) is 3.43. The maximum Gasteiger partial charge on any atom is 0.490 e. The van der Waals surface area contributed by atoms with Gasteiger partial charge in [-0.15, -0.1) is 11.3 Å². The minimum atomic E-state index is -5.08. The summed E-state index contributed by atoms with van der Waals surface area (Å²) in [5.74, 6) is -2.76. The van der Waals surface area contributed by atoms with E-state index in [2.05, 4.69) is 9.97 Å². The van der Waals surface area contributed by atoms with Crippen LogP contribution < -0.4 is 0 Å². The van der Waals surface area contributed by atoms with Crippen molar-refractivity contribution < 1.29 is 37.3 Å². The van der Waals surface area contributed by atoms with Crippen molar-refractivity contribution in [3.05, 3.63) is 46.7 Å². The predicted molar refractivity (Wildman–Crippen MR) is 107 cm³/mol. The van der Waals surface area contributed by atoms with Crippen LogP contribution in [0.2, 0.25) is 0 Å². The third kappa shape index (κ3) is 6.47. The molecule has 2 fully saturated rings. The van der Waals surface area contributed by atoms with Crippen LogP contribution in [-0.4, -0.2) is 69.4 Å². The van der Waals surface area contributed by atoms with Gasteiger partial charge in [0.15, 0.2) is 0 Å². The Hall–Kier alpha value is -2.57. The summed E-state index contributed by atoms with van der Waals surface area (Å²) in [5.41, 5.74) is 2.87. The van der Waals surface area contributed by atoms with E-state index in [0.29, 0.717) is 25.5 Å². The Kier molecular flexibility index (Phi) is 7.80. The van der Waals surface area contributed by atoms with Crippen LogP contribution in [0.3, 0.4) is 0 Å². The zero-order chi connectivity index (χ0) is 23.2. The number of carbonyl (C=O) groups excluding carboxylic acids is 1. The van der Waals surface area contributed by atoms with Crippen LogP contribution >= 0.6 is 11.3 Å². The Morgan fingerprint density at radius 2 is 2.12 bits per heavy atom. The van der Waals surface area contributed by atoms with Crippen LogP contribution in [0.15, 0.2) is 35.3 Å². The molecule has 32 heavy (non-hydrogen) atoms. The summed E-state index contributed by atoms with van der Waals surface area (Å²) in [4.78, 5) is 31.8. The van der Waals surface area contributed by atoms with Crippen LogP contribution in [0.5, 0.6) is 0 Å². The Morgan fingerprint density at radius 3 is 2.75 bits per heavy atom. The number of ether oxygens (including phenoxy) is 2. The molecule has 0 aromatic carbocycles. The summed E-state index contributed by atoms with van der Waals surface area (Å²) in [6.45, 7) is 2.45. The van der Waals surface area contributed by atoms with Gasteiger partial charge in [-0.05, 0) is 25.0 Å². The number of nitrogens with zero attached hydrogens (tertiary/aromatic N) is 3. The van der Waals surface area contributed by atoms with E-state index in [1.807, 2.05) is 23.1 Å². The summed E-state index contributed by atoms with van der Waals surface area (Å²) in [5, 5.41) is 8.93. The molecule has 174 valence electrons. The molecule has 2 saturated heterocycles.